The van der Waals surface area contributed by atoms with Crippen LogP contribution in [0.2, 0.25) is 0 Å². The van der Waals surface area contributed by atoms with Crippen LogP contribution in [0.4, 0.5) is 18.9 Å². The number of hydrogen-bond acceptors (Lipinski definition) is 9. The molecule has 4 aromatic rings. The van der Waals surface area contributed by atoms with E-state index in [0.29, 0.717) is 45.0 Å². The number of fused-ring (bicyclic) bond motifs is 1. The third-order valence-corrected chi connectivity index (χ3v) is 5.77. The highest BCUT2D eigenvalue weighted by molar-refractivity contribution is 5.93. The maximum absolute atomic E-state index is 12.7. The Kier molecular flexibility index (Phi) is 10.5. The van der Waals surface area contributed by atoms with Crippen molar-refractivity contribution in [3.63, 3.8) is 0 Å². The van der Waals surface area contributed by atoms with E-state index in [2.05, 4.69) is 35.8 Å². The zero-order chi connectivity index (χ0) is 28.2. The van der Waals surface area contributed by atoms with Crippen LogP contribution in [0.15, 0.2) is 49.2 Å². The number of rotatable bonds is 17. The van der Waals surface area contributed by atoms with Crippen LogP contribution >= 0.6 is 0 Å². The SMILES string of the molecule is COCCOc1cc(CNCCCCOCCNc2cc(-n3cnnc3)cc3[nH]ncc23)cc(OC(F)(F)F)c1. The first-order valence-corrected chi connectivity index (χ1v) is 12.8. The molecule has 14 heteroatoms. The number of hydrogen-bond donors (Lipinski definition) is 3. The van der Waals surface area contributed by atoms with E-state index >= 15 is 0 Å². The van der Waals surface area contributed by atoms with Crippen molar-refractivity contribution in [2.45, 2.75) is 25.7 Å². The summed E-state index contributed by atoms with van der Waals surface area (Å²) in [6, 6.07) is 8.22. The molecule has 0 spiro atoms. The summed E-state index contributed by atoms with van der Waals surface area (Å²) in [7, 11) is 1.52. The molecule has 11 nitrogen and oxygen atoms in total. The van der Waals surface area contributed by atoms with E-state index in [1.54, 1.807) is 24.9 Å². The zero-order valence-corrected chi connectivity index (χ0v) is 22.0. The Balaban J connectivity index is 1.14. The minimum Gasteiger partial charge on any atom is -0.491 e. The quantitative estimate of drug-likeness (QED) is 0.163. The molecule has 3 N–H and O–H groups in total. The number of aromatic nitrogens is 5. The maximum Gasteiger partial charge on any atom is 0.573 e. The van der Waals surface area contributed by atoms with E-state index in [9.17, 15) is 13.2 Å². The molecule has 2 heterocycles. The molecular weight excluding hydrogens is 531 g/mol. The van der Waals surface area contributed by atoms with Gasteiger partial charge in [0.1, 0.15) is 30.8 Å². The summed E-state index contributed by atoms with van der Waals surface area (Å²) in [4.78, 5) is 0. The number of anilines is 1. The Morgan fingerprint density at radius 3 is 2.55 bits per heavy atom. The van der Waals surface area contributed by atoms with Crippen molar-refractivity contribution >= 4 is 16.6 Å². The van der Waals surface area contributed by atoms with Crippen LogP contribution in [0.3, 0.4) is 0 Å². The van der Waals surface area contributed by atoms with Crippen LogP contribution in [-0.4, -0.2) is 78.0 Å². The molecule has 0 atom stereocenters. The molecule has 2 aromatic heterocycles. The molecule has 0 radical (unpaired) electrons. The minimum atomic E-state index is -4.78. The largest absolute Gasteiger partial charge is 0.573 e. The van der Waals surface area contributed by atoms with E-state index < -0.39 is 6.36 Å². The molecule has 0 bridgehead atoms. The van der Waals surface area contributed by atoms with Gasteiger partial charge in [0.25, 0.3) is 0 Å². The first-order chi connectivity index (χ1) is 19.4. The van der Waals surface area contributed by atoms with E-state index in [-0.39, 0.29) is 18.1 Å². The molecule has 216 valence electrons. The van der Waals surface area contributed by atoms with Crippen molar-refractivity contribution < 1.29 is 32.1 Å². The smallest absolute Gasteiger partial charge is 0.491 e. The van der Waals surface area contributed by atoms with Gasteiger partial charge in [-0.1, -0.05) is 0 Å². The summed E-state index contributed by atoms with van der Waals surface area (Å²) < 4.78 is 60.1. The van der Waals surface area contributed by atoms with E-state index in [1.807, 2.05) is 16.7 Å². The van der Waals surface area contributed by atoms with Crippen molar-refractivity contribution in [1.29, 1.82) is 0 Å². The van der Waals surface area contributed by atoms with Crippen molar-refractivity contribution in [3.05, 3.63) is 54.7 Å². The fraction of sp³-hybridized carbons (Fsp3) is 0.423. The number of H-pyrrole nitrogens is 1. The first-order valence-electron chi connectivity index (χ1n) is 12.8. The number of unbranched alkanes of at least 4 members (excludes halogenated alkanes) is 1. The Morgan fingerprint density at radius 2 is 1.75 bits per heavy atom. The predicted molar refractivity (Wildman–Crippen MR) is 142 cm³/mol. The lowest BCUT2D eigenvalue weighted by Crippen LogP contribution is -2.18. The highest BCUT2D eigenvalue weighted by Crippen LogP contribution is 2.28. The van der Waals surface area contributed by atoms with E-state index in [4.69, 9.17) is 14.2 Å². The van der Waals surface area contributed by atoms with Gasteiger partial charge in [0.05, 0.1) is 30.6 Å². The van der Waals surface area contributed by atoms with Crippen LogP contribution in [0.25, 0.3) is 16.6 Å². The summed E-state index contributed by atoms with van der Waals surface area (Å²) in [6.07, 6.45) is 1.95. The van der Waals surface area contributed by atoms with Gasteiger partial charge in [0.15, 0.2) is 0 Å². The van der Waals surface area contributed by atoms with Gasteiger partial charge in [-0.2, -0.15) is 5.10 Å². The minimum absolute atomic E-state index is 0.220. The molecule has 0 unspecified atom stereocenters. The van der Waals surface area contributed by atoms with Gasteiger partial charge >= 0.3 is 6.36 Å². The Hall–Kier alpha value is -3.88. The third-order valence-electron chi connectivity index (χ3n) is 5.77. The number of alkyl halides is 3. The second kappa shape index (κ2) is 14.5. The van der Waals surface area contributed by atoms with Gasteiger partial charge in [0.2, 0.25) is 0 Å². The fourth-order valence-corrected chi connectivity index (χ4v) is 3.96. The molecule has 0 aliphatic heterocycles. The number of nitrogens with one attached hydrogen (secondary N) is 3. The Bertz CT molecular complexity index is 1320. The van der Waals surface area contributed by atoms with Crippen molar-refractivity contribution in [3.8, 4) is 17.2 Å². The van der Waals surface area contributed by atoms with Crippen molar-refractivity contribution in [1.82, 2.24) is 30.3 Å². The number of nitrogens with zero attached hydrogens (tertiary/aromatic N) is 4. The molecule has 4 rings (SSSR count). The lowest BCUT2D eigenvalue weighted by atomic mass is 10.2. The lowest BCUT2D eigenvalue weighted by Gasteiger charge is -2.14. The average molecular weight is 564 g/mol. The van der Waals surface area contributed by atoms with Crippen LogP contribution in [0.5, 0.6) is 11.5 Å². The molecular formula is C26H32F3N7O4. The van der Waals surface area contributed by atoms with Gasteiger partial charge in [-0.25, -0.2) is 0 Å². The van der Waals surface area contributed by atoms with Gasteiger partial charge in [-0.15, -0.1) is 23.4 Å². The van der Waals surface area contributed by atoms with E-state index in [1.165, 1.54) is 19.2 Å². The highest BCUT2D eigenvalue weighted by Gasteiger charge is 2.31. The fourth-order valence-electron chi connectivity index (χ4n) is 3.96. The Labute approximate surface area is 229 Å². The summed E-state index contributed by atoms with van der Waals surface area (Å²) in [5, 5.41) is 22.4. The van der Waals surface area contributed by atoms with Crippen molar-refractivity contribution in [2.75, 3.05) is 51.9 Å². The summed E-state index contributed by atoms with van der Waals surface area (Å²) in [5.74, 6) is -0.0308. The monoisotopic (exact) mass is 563 g/mol. The second-order valence-electron chi connectivity index (χ2n) is 8.82. The molecule has 0 fully saturated rings. The summed E-state index contributed by atoms with van der Waals surface area (Å²) in [5.41, 5.74) is 3.36. The van der Waals surface area contributed by atoms with Gasteiger partial charge < -0.3 is 29.6 Å². The molecule has 0 saturated carbocycles. The standard InChI is InChI=1S/C26H32F3N7O4/c1-37-8-9-39-21-10-19(11-22(14-21)40-26(27,28)29)15-30-4-2-3-6-38-7-5-31-24-12-20(36-17-33-34-18-36)13-25-23(24)16-32-35-25/h10-14,16-18,30-31H,2-9,15H2,1H3,(H,32,35). The summed E-state index contributed by atoms with van der Waals surface area (Å²) in [6.45, 7) is 3.34. The molecule has 0 amide bonds. The molecule has 2 aromatic carbocycles. The number of ether oxygens (including phenoxy) is 4. The highest BCUT2D eigenvalue weighted by atomic mass is 19.4. The second-order valence-corrected chi connectivity index (χ2v) is 8.82. The predicted octanol–water partition coefficient (Wildman–Crippen LogP) is 4.07. The number of methoxy groups -OCH3 is 1. The topological polar surface area (TPSA) is 120 Å². The first kappa shape index (κ1) is 29.1. The summed E-state index contributed by atoms with van der Waals surface area (Å²) >= 11 is 0. The van der Waals surface area contributed by atoms with Gasteiger partial charge in [-0.3, -0.25) is 9.67 Å². The zero-order valence-electron chi connectivity index (χ0n) is 22.0. The molecule has 40 heavy (non-hydrogen) atoms. The number of halogens is 3. The van der Waals surface area contributed by atoms with E-state index in [0.717, 1.165) is 35.1 Å². The normalized spacial score (nSPS) is 11.7. The van der Waals surface area contributed by atoms with Crippen LogP contribution in [0.1, 0.15) is 18.4 Å². The molecule has 0 saturated heterocycles. The van der Waals surface area contributed by atoms with Gasteiger partial charge in [-0.05, 0) is 49.2 Å². The molecule has 0 aliphatic rings. The molecule has 0 aliphatic carbocycles. The third kappa shape index (κ3) is 9.10. The van der Waals surface area contributed by atoms with Gasteiger partial charge in [0, 0.05) is 43.9 Å². The number of aromatic amines is 1. The van der Waals surface area contributed by atoms with Crippen LogP contribution < -0.4 is 20.1 Å². The maximum atomic E-state index is 12.7. The lowest BCUT2D eigenvalue weighted by molar-refractivity contribution is -0.274. The van der Waals surface area contributed by atoms with Crippen LogP contribution in [-0.2, 0) is 16.0 Å². The Morgan fingerprint density at radius 1 is 0.925 bits per heavy atom. The van der Waals surface area contributed by atoms with Crippen LogP contribution in [0, 0.1) is 0 Å². The number of benzene rings is 2. The average Bonchev–Trinajstić information content (AvgIpc) is 3.61. The van der Waals surface area contributed by atoms with Crippen molar-refractivity contribution in [2.24, 2.45) is 0 Å².